The molecule has 3 N–H and O–H groups in total. The lowest BCUT2D eigenvalue weighted by Gasteiger charge is -2.48. The molecule has 14 atom stereocenters. The van der Waals surface area contributed by atoms with E-state index in [-0.39, 0.29) is 110 Å². The van der Waals surface area contributed by atoms with Crippen molar-refractivity contribution in [1.82, 2.24) is 16.0 Å². The van der Waals surface area contributed by atoms with Crippen molar-refractivity contribution in [1.29, 1.82) is 0 Å². The molecule has 96 heavy (non-hydrogen) atoms. The van der Waals surface area contributed by atoms with Gasteiger partial charge in [-0.1, -0.05) is 122 Å². The number of nitrogens with one attached hydrogen (secondary N) is 3. The predicted octanol–water partition coefficient (Wildman–Crippen LogP) is 10.1. The number of hydrogen-bond acceptors (Lipinski definition) is 23. The molecular formula is C69H122N3O23P. The smallest absolute Gasteiger partial charge is 0.462 e. The standard InChI is InChI=1S/C69H122N3O23P/c1-14-27-34-55(73)70-35-42-85-68-62(71-56(74)43-49(21-8)82-37-29-16-3)66(93-60(78)45-50(22-9)83-38-30-17-4)64(84-39-31-18-5)54(92-68)48-86-69-63(72-57(75)44-51(23-10)89-58(76)25-12)67(94-61(79)46-52(24-11)90-59(77)26-13)65(53(91-69)47-81-36-28-15-2)95-96(80,87-40-32-19-6)88-41-33-20-7/h1,49-54,62-69H,15-48H2,2-13H3,(H,70,73)(H,71,74)(H,72,75)/t49-,50-,51-,52-,53?,54?,62?,63+,64-,65-,66?,67?,68+,69-/m1/s1. The minimum absolute atomic E-state index is 0.0262. The molecule has 556 valence electrons. The molecule has 27 heteroatoms. The van der Waals surface area contributed by atoms with Gasteiger partial charge in [0.25, 0.3) is 0 Å². The van der Waals surface area contributed by atoms with Crippen molar-refractivity contribution in [3.05, 3.63) is 0 Å². The molecule has 2 saturated heterocycles. The lowest BCUT2D eigenvalue weighted by molar-refractivity contribution is -0.309. The maximum absolute atomic E-state index is 15.1. The van der Waals surface area contributed by atoms with Crippen LogP contribution in [0.5, 0.6) is 0 Å². The van der Waals surface area contributed by atoms with Gasteiger partial charge in [0.1, 0.15) is 48.7 Å². The van der Waals surface area contributed by atoms with E-state index in [4.69, 9.17) is 76.8 Å². The molecule has 0 aromatic heterocycles. The van der Waals surface area contributed by atoms with E-state index in [1.54, 1.807) is 27.7 Å². The summed E-state index contributed by atoms with van der Waals surface area (Å²) in [6.07, 6.45) is -0.365. The van der Waals surface area contributed by atoms with Gasteiger partial charge in [-0.05, 0) is 64.2 Å². The summed E-state index contributed by atoms with van der Waals surface area (Å²) in [5.41, 5.74) is 0. The lowest BCUT2D eigenvalue weighted by Crippen LogP contribution is -2.68. The van der Waals surface area contributed by atoms with Crippen LogP contribution < -0.4 is 16.0 Å². The predicted molar refractivity (Wildman–Crippen MR) is 358 cm³/mol. The van der Waals surface area contributed by atoms with Gasteiger partial charge in [0.2, 0.25) is 17.7 Å². The van der Waals surface area contributed by atoms with Crippen LogP contribution in [0.3, 0.4) is 0 Å². The first-order chi connectivity index (χ1) is 46.3. The highest BCUT2D eigenvalue weighted by Gasteiger charge is 2.55. The molecule has 0 saturated carbocycles. The Kier molecular flexibility index (Phi) is 48.1. The quantitative estimate of drug-likeness (QED) is 0.0168. The van der Waals surface area contributed by atoms with Gasteiger partial charge in [-0.15, -0.1) is 12.3 Å². The van der Waals surface area contributed by atoms with Crippen molar-refractivity contribution in [2.45, 2.75) is 323 Å². The molecule has 2 fully saturated rings. The van der Waals surface area contributed by atoms with Crippen LogP contribution in [-0.2, 0) is 109 Å². The summed E-state index contributed by atoms with van der Waals surface area (Å²) in [6.45, 7) is 22.4. The lowest BCUT2D eigenvalue weighted by atomic mass is 9.94. The SMILES string of the molecule is C#CCCC(=O)NCCO[C@H]1OC(CO[C@@H]2OC(COCCCC)[C@@H](OP(=O)(OCCCC)OCCCC)C(OC(=O)C[C@@H](CC)OC(=O)CC)[C@@H]2NC(=O)C[C@@H](CC)OC(=O)CC)[C@@H](OCCCC)C(OC(=O)C[C@@H](CC)OCCCC)C1NC(=O)C[C@@H](CC)OCCCC. The second-order valence-corrected chi connectivity index (χ2v) is 25.6. The summed E-state index contributed by atoms with van der Waals surface area (Å²) < 4.78 is 110. The van der Waals surface area contributed by atoms with Gasteiger partial charge in [0.15, 0.2) is 24.8 Å². The number of esters is 4. The molecular weight excluding hydrogens is 1270 g/mol. The van der Waals surface area contributed by atoms with E-state index in [2.05, 4.69) is 21.9 Å². The minimum Gasteiger partial charge on any atom is -0.462 e. The van der Waals surface area contributed by atoms with E-state index in [9.17, 15) is 33.6 Å². The monoisotopic (exact) mass is 1390 g/mol. The fourth-order valence-electron chi connectivity index (χ4n) is 9.99. The van der Waals surface area contributed by atoms with E-state index in [0.29, 0.717) is 71.0 Å². The molecule has 2 aliphatic rings. The number of phosphoric acid groups is 1. The van der Waals surface area contributed by atoms with Crippen molar-refractivity contribution in [2.75, 3.05) is 66.0 Å². The zero-order chi connectivity index (χ0) is 71.1. The van der Waals surface area contributed by atoms with Crippen molar-refractivity contribution >= 4 is 49.4 Å². The molecule has 3 amide bonds. The first-order valence-electron chi connectivity index (χ1n) is 35.9. The van der Waals surface area contributed by atoms with Crippen LogP contribution in [-0.4, -0.2) is 193 Å². The second kappa shape index (κ2) is 52.6. The fraction of sp³-hybridized carbons (Fsp3) is 0.870. The Morgan fingerprint density at radius 1 is 0.469 bits per heavy atom. The number of terminal acetylenes is 1. The number of carbonyl (C=O) groups is 7. The van der Waals surface area contributed by atoms with Crippen molar-refractivity contribution in [3.8, 4) is 12.3 Å². The van der Waals surface area contributed by atoms with Gasteiger partial charge in [-0.3, -0.25) is 47.1 Å². The topological polar surface area (TPSA) is 311 Å². The largest absolute Gasteiger partial charge is 0.475 e. The molecule has 0 bridgehead atoms. The number of carbonyl (C=O) groups excluding carboxylic acids is 7. The van der Waals surface area contributed by atoms with E-state index < -0.39 is 142 Å². The van der Waals surface area contributed by atoms with Gasteiger partial charge in [-0.2, -0.15) is 0 Å². The summed E-state index contributed by atoms with van der Waals surface area (Å²) >= 11 is 0. The number of rotatable bonds is 56. The maximum Gasteiger partial charge on any atom is 0.475 e. The summed E-state index contributed by atoms with van der Waals surface area (Å²) in [5, 5.41) is 8.79. The van der Waals surface area contributed by atoms with Crippen molar-refractivity contribution in [2.24, 2.45) is 0 Å². The summed E-state index contributed by atoms with van der Waals surface area (Å²) in [6, 6.07) is -2.87. The van der Waals surface area contributed by atoms with E-state index >= 15 is 4.57 Å². The van der Waals surface area contributed by atoms with Crippen LogP contribution in [0.25, 0.3) is 0 Å². The summed E-state index contributed by atoms with van der Waals surface area (Å²) in [5.74, 6) is -1.78. The zero-order valence-corrected chi connectivity index (χ0v) is 60.9. The number of phosphoric ester groups is 1. The van der Waals surface area contributed by atoms with Crippen LogP contribution in [0.4, 0.5) is 0 Å². The van der Waals surface area contributed by atoms with E-state index in [1.165, 1.54) is 0 Å². The summed E-state index contributed by atoms with van der Waals surface area (Å²) in [7, 11) is -4.63. The number of amides is 3. The van der Waals surface area contributed by atoms with Crippen LogP contribution in [0.1, 0.15) is 237 Å². The van der Waals surface area contributed by atoms with Crippen LogP contribution in [0.15, 0.2) is 0 Å². The average Bonchev–Trinajstić information content (AvgIpc) is 0.786. The van der Waals surface area contributed by atoms with Crippen LogP contribution in [0.2, 0.25) is 0 Å². The molecule has 0 aliphatic carbocycles. The highest BCUT2D eigenvalue weighted by Crippen LogP contribution is 2.53. The Morgan fingerprint density at radius 3 is 1.41 bits per heavy atom. The Morgan fingerprint density at radius 2 is 0.906 bits per heavy atom. The molecule has 2 heterocycles. The third kappa shape index (κ3) is 35.1. The van der Waals surface area contributed by atoms with Gasteiger partial charge in [0.05, 0.1) is 70.9 Å². The van der Waals surface area contributed by atoms with Crippen LogP contribution >= 0.6 is 7.82 Å². The number of unbranched alkanes of at least 4 members (excludes halogenated alkanes) is 6. The molecule has 2 rings (SSSR count). The molecule has 0 spiro atoms. The van der Waals surface area contributed by atoms with E-state index in [1.807, 2.05) is 55.4 Å². The Bertz CT molecular complexity index is 2250. The Labute approximate surface area is 573 Å². The average molecular weight is 1390 g/mol. The zero-order valence-electron chi connectivity index (χ0n) is 60.0. The molecule has 0 aromatic rings. The first kappa shape index (κ1) is 87.7. The first-order valence-corrected chi connectivity index (χ1v) is 37.4. The third-order valence-electron chi connectivity index (χ3n) is 15.9. The Balaban J connectivity index is 3.16. The van der Waals surface area contributed by atoms with Crippen molar-refractivity contribution < 1.29 is 109 Å². The van der Waals surface area contributed by atoms with Gasteiger partial charge in [0, 0.05) is 58.7 Å². The van der Waals surface area contributed by atoms with Crippen LogP contribution in [0, 0.1) is 12.3 Å². The normalized spacial score (nSPS) is 22.4. The van der Waals surface area contributed by atoms with Gasteiger partial charge in [-0.25, -0.2) is 4.57 Å². The highest BCUT2D eigenvalue weighted by atomic mass is 31.2. The molecule has 0 radical (unpaired) electrons. The molecule has 26 nitrogen and oxygen atoms in total. The molecule has 5 unspecified atom stereocenters. The fourth-order valence-corrected chi connectivity index (χ4v) is 11.4. The number of ether oxygens (including phenoxy) is 12. The number of hydrogen-bond donors (Lipinski definition) is 3. The van der Waals surface area contributed by atoms with E-state index in [0.717, 1.165) is 32.1 Å². The highest BCUT2D eigenvalue weighted by molar-refractivity contribution is 7.48. The third-order valence-corrected chi connectivity index (χ3v) is 17.4. The minimum atomic E-state index is -4.63. The second-order valence-electron chi connectivity index (χ2n) is 24.0. The molecule has 0 aromatic carbocycles. The molecule has 2 aliphatic heterocycles. The maximum atomic E-state index is 15.1. The van der Waals surface area contributed by atoms with Crippen molar-refractivity contribution in [3.63, 3.8) is 0 Å². The van der Waals surface area contributed by atoms with Gasteiger partial charge < -0.3 is 72.8 Å². The Hall–Kier alpha value is -4.36. The van der Waals surface area contributed by atoms with Gasteiger partial charge >= 0.3 is 31.7 Å². The summed E-state index contributed by atoms with van der Waals surface area (Å²) in [4.78, 5) is 96.7.